The van der Waals surface area contributed by atoms with Crippen LogP contribution in [0.25, 0.3) is 0 Å². The number of rotatable bonds is 7. The van der Waals surface area contributed by atoms with Crippen LogP contribution in [0.15, 0.2) is 39.8 Å². The lowest BCUT2D eigenvalue weighted by Gasteiger charge is -2.14. The van der Waals surface area contributed by atoms with Crippen LogP contribution in [0.4, 0.5) is 5.69 Å². The monoisotopic (exact) mass is 386 g/mol. The first kappa shape index (κ1) is 19.3. The summed E-state index contributed by atoms with van der Waals surface area (Å²) in [5.74, 6) is 0.0962. The van der Waals surface area contributed by atoms with Crippen molar-refractivity contribution in [1.29, 1.82) is 0 Å². The van der Waals surface area contributed by atoms with Gasteiger partial charge < -0.3 is 14.5 Å². The number of primary sulfonamides is 1. The van der Waals surface area contributed by atoms with Crippen LogP contribution in [0.5, 0.6) is 0 Å². The van der Waals surface area contributed by atoms with Crippen molar-refractivity contribution in [2.75, 3.05) is 11.9 Å². The molecule has 0 aliphatic rings. The van der Waals surface area contributed by atoms with E-state index in [-0.39, 0.29) is 34.6 Å². The molecule has 0 aliphatic carbocycles. The van der Waals surface area contributed by atoms with Gasteiger partial charge in [-0.2, -0.15) is 0 Å². The molecule has 0 saturated carbocycles. The molecule has 3 N–H and O–H groups in total. The maximum atomic E-state index is 12.4. The van der Waals surface area contributed by atoms with Gasteiger partial charge in [0, 0.05) is 0 Å². The quantitative estimate of drug-likeness (QED) is 0.707. The van der Waals surface area contributed by atoms with Crippen molar-refractivity contribution >= 4 is 33.3 Å². The number of hydrogen-bond acceptors (Lipinski definition) is 6. The van der Waals surface area contributed by atoms with Gasteiger partial charge in [0.1, 0.15) is 10.7 Å². The number of sulfonamides is 1. The van der Waals surface area contributed by atoms with Crippen molar-refractivity contribution in [2.24, 2.45) is 11.1 Å². The van der Waals surface area contributed by atoms with E-state index in [1.807, 2.05) is 13.8 Å². The van der Waals surface area contributed by atoms with E-state index in [9.17, 15) is 13.2 Å². The van der Waals surface area contributed by atoms with Crippen LogP contribution in [-0.4, -0.2) is 21.0 Å². The van der Waals surface area contributed by atoms with Crippen LogP contribution in [0.2, 0.25) is 5.02 Å². The topological polar surface area (TPSA) is 112 Å². The van der Waals surface area contributed by atoms with Gasteiger partial charge in [-0.05, 0) is 30.2 Å². The Labute approximate surface area is 151 Å². The Morgan fingerprint density at radius 2 is 2.12 bits per heavy atom. The second-order valence-corrected chi connectivity index (χ2v) is 7.74. The number of anilines is 1. The molecule has 0 radical (unpaired) electrons. The molecular weight excluding hydrogens is 368 g/mol. The second-order valence-electron chi connectivity index (χ2n) is 5.80. The van der Waals surface area contributed by atoms with Crippen molar-refractivity contribution in [2.45, 2.75) is 25.3 Å². The number of benzene rings is 1. The van der Waals surface area contributed by atoms with Crippen LogP contribution < -0.4 is 10.5 Å². The molecular formula is C16H19ClN2O5S. The molecule has 0 saturated heterocycles. The van der Waals surface area contributed by atoms with Gasteiger partial charge in [-0.25, -0.2) is 18.4 Å². The third kappa shape index (κ3) is 5.22. The standard InChI is InChI=1S/C16H19ClN2O5S/c1-10(2)9-24-16(20)12-6-15(25(18,21)22)13(17)7-14(12)19-8-11-4-3-5-23-11/h3-7,10,19H,8-9H2,1-2H3,(H2,18,21,22). The molecule has 0 fully saturated rings. The third-order valence-corrected chi connectivity index (χ3v) is 4.56. The summed E-state index contributed by atoms with van der Waals surface area (Å²) in [6.07, 6.45) is 1.52. The van der Waals surface area contributed by atoms with Crippen molar-refractivity contribution in [1.82, 2.24) is 0 Å². The first-order chi connectivity index (χ1) is 11.7. The molecule has 0 bridgehead atoms. The number of halogens is 1. The molecule has 1 heterocycles. The lowest BCUT2D eigenvalue weighted by Crippen LogP contribution is -2.17. The first-order valence-corrected chi connectivity index (χ1v) is 9.40. The summed E-state index contributed by atoms with van der Waals surface area (Å²) in [6.45, 7) is 4.26. The van der Waals surface area contributed by atoms with Gasteiger partial charge in [0.25, 0.3) is 0 Å². The molecule has 0 aliphatic heterocycles. The summed E-state index contributed by atoms with van der Waals surface area (Å²) in [4.78, 5) is 12.0. The zero-order chi connectivity index (χ0) is 18.6. The molecule has 0 spiro atoms. The second kappa shape index (κ2) is 7.90. The van der Waals surface area contributed by atoms with Gasteiger partial charge in [0.2, 0.25) is 10.0 Å². The summed E-state index contributed by atoms with van der Waals surface area (Å²) < 4.78 is 33.7. The number of ether oxygens (including phenoxy) is 1. The maximum absolute atomic E-state index is 12.4. The molecule has 1 aromatic heterocycles. The molecule has 2 aromatic rings. The summed E-state index contributed by atoms with van der Waals surface area (Å²) in [6, 6.07) is 5.93. The smallest absolute Gasteiger partial charge is 0.340 e. The predicted octanol–water partition coefficient (Wildman–Crippen LogP) is 3.01. The summed E-state index contributed by atoms with van der Waals surface area (Å²) >= 11 is 6.00. The van der Waals surface area contributed by atoms with Gasteiger partial charge in [-0.15, -0.1) is 0 Å². The fourth-order valence-electron chi connectivity index (χ4n) is 2.00. The minimum absolute atomic E-state index is 0.0284. The van der Waals surface area contributed by atoms with Gasteiger partial charge in [-0.1, -0.05) is 25.4 Å². The molecule has 0 amide bonds. The van der Waals surface area contributed by atoms with Crippen molar-refractivity contribution in [3.63, 3.8) is 0 Å². The average molecular weight is 387 g/mol. The Hall–Kier alpha value is -2.03. The van der Waals surface area contributed by atoms with Crippen molar-refractivity contribution in [3.05, 3.63) is 46.9 Å². The van der Waals surface area contributed by atoms with E-state index in [4.69, 9.17) is 25.9 Å². The molecule has 25 heavy (non-hydrogen) atoms. The molecule has 0 atom stereocenters. The zero-order valence-corrected chi connectivity index (χ0v) is 15.4. The fraction of sp³-hybridized carbons (Fsp3) is 0.312. The number of nitrogens with two attached hydrogens (primary N) is 1. The number of hydrogen-bond donors (Lipinski definition) is 2. The van der Waals surface area contributed by atoms with Crippen LogP contribution in [0, 0.1) is 5.92 Å². The van der Waals surface area contributed by atoms with Crippen molar-refractivity contribution < 1.29 is 22.4 Å². The third-order valence-electron chi connectivity index (χ3n) is 3.18. The minimum atomic E-state index is -4.08. The molecule has 1 aromatic carbocycles. The number of nitrogens with one attached hydrogen (secondary N) is 1. The van der Waals surface area contributed by atoms with Gasteiger partial charge in [-0.3, -0.25) is 0 Å². The highest BCUT2D eigenvalue weighted by molar-refractivity contribution is 7.89. The van der Waals surface area contributed by atoms with Crippen LogP contribution in [-0.2, 0) is 21.3 Å². The lowest BCUT2D eigenvalue weighted by molar-refractivity contribution is 0.0460. The molecule has 136 valence electrons. The van der Waals surface area contributed by atoms with E-state index in [0.29, 0.717) is 11.4 Å². The van der Waals surface area contributed by atoms with E-state index in [1.54, 1.807) is 12.1 Å². The largest absolute Gasteiger partial charge is 0.467 e. The van der Waals surface area contributed by atoms with Crippen LogP contribution in [0.1, 0.15) is 30.0 Å². The lowest BCUT2D eigenvalue weighted by atomic mass is 10.1. The average Bonchev–Trinajstić information content (AvgIpc) is 3.02. The van der Waals surface area contributed by atoms with E-state index in [0.717, 1.165) is 6.07 Å². The normalized spacial score (nSPS) is 11.6. The Morgan fingerprint density at radius 3 is 2.68 bits per heavy atom. The summed E-state index contributed by atoms with van der Waals surface area (Å²) in [5, 5.41) is 8.05. The van der Waals surface area contributed by atoms with Gasteiger partial charge >= 0.3 is 5.97 Å². The molecule has 0 unspecified atom stereocenters. The Balaban J connectivity index is 2.37. The van der Waals surface area contributed by atoms with Crippen LogP contribution in [0.3, 0.4) is 0 Å². The highest BCUT2D eigenvalue weighted by Gasteiger charge is 2.22. The number of carbonyl (C=O) groups excluding carboxylic acids is 1. The van der Waals surface area contributed by atoms with E-state index >= 15 is 0 Å². The van der Waals surface area contributed by atoms with Crippen molar-refractivity contribution in [3.8, 4) is 0 Å². The summed E-state index contributed by atoms with van der Waals surface area (Å²) in [5.41, 5.74) is 0.350. The maximum Gasteiger partial charge on any atom is 0.340 e. The summed E-state index contributed by atoms with van der Waals surface area (Å²) in [7, 11) is -4.08. The van der Waals surface area contributed by atoms with E-state index in [2.05, 4.69) is 5.32 Å². The highest BCUT2D eigenvalue weighted by Crippen LogP contribution is 2.29. The predicted molar refractivity (Wildman–Crippen MR) is 94.0 cm³/mol. The highest BCUT2D eigenvalue weighted by atomic mass is 35.5. The Bertz CT molecular complexity index is 848. The first-order valence-electron chi connectivity index (χ1n) is 7.48. The molecule has 2 rings (SSSR count). The van der Waals surface area contributed by atoms with Gasteiger partial charge in [0.05, 0.1) is 35.7 Å². The SMILES string of the molecule is CC(C)COC(=O)c1cc(S(N)(=O)=O)c(Cl)cc1NCc1ccco1. The molecule has 9 heteroatoms. The van der Waals surface area contributed by atoms with E-state index < -0.39 is 16.0 Å². The Kier molecular flexibility index (Phi) is 6.10. The van der Waals surface area contributed by atoms with E-state index in [1.165, 1.54) is 12.3 Å². The zero-order valence-electron chi connectivity index (χ0n) is 13.8. The Morgan fingerprint density at radius 1 is 1.40 bits per heavy atom. The van der Waals surface area contributed by atoms with Crippen LogP contribution >= 0.6 is 11.6 Å². The minimum Gasteiger partial charge on any atom is -0.467 e. The molecule has 7 nitrogen and oxygen atoms in total. The fourth-order valence-corrected chi connectivity index (χ4v) is 3.10. The number of carbonyl (C=O) groups is 1. The van der Waals surface area contributed by atoms with Gasteiger partial charge in [0.15, 0.2) is 0 Å². The number of furan rings is 1. The number of esters is 1.